The van der Waals surface area contributed by atoms with E-state index in [4.69, 9.17) is 4.42 Å². The van der Waals surface area contributed by atoms with Crippen LogP contribution in [-0.4, -0.2) is 27.7 Å². The van der Waals surface area contributed by atoms with Crippen LogP contribution in [0, 0.1) is 13.8 Å². The molecule has 0 spiro atoms. The summed E-state index contributed by atoms with van der Waals surface area (Å²) in [5.41, 5.74) is 0.912. The van der Waals surface area contributed by atoms with Crippen molar-refractivity contribution < 1.29 is 14.0 Å². The number of nitrogens with one attached hydrogen (secondary N) is 1. The molecule has 1 N–H and O–H groups in total. The number of anilines is 1. The van der Waals surface area contributed by atoms with Gasteiger partial charge in [-0.1, -0.05) is 0 Å². The minimum absolute atomic E-state index is 0.0250. The van der Waals surface area contributed by atoms with Gasteiger partial charge in [-0.05, 0) is 32.4 Å². The number of aryl methyl sites for hydroxylation is 2. The lowest BCUT2D eigenvalue weighted by molar-refractivity contribution is -0.134. The summed E-state index contributed by atoms with van der Waals surface area (Å²) in [7, 11) is 0. The number of hydrogen-bond donors (Lipinski definition) is 1. The number of amides is 2. The molecule has 2 aromatic heterocycles. The Kier molecular flexibility index (Phi) is 3.98. The van der Waals surface area contributed by atoms with E-state index >= 15 is 0 Å². The Balaban J connectivity index is 1.71. The highest BCUT2D eigenvalue weighted by molar-refractivity contribution is 7.15. The van der Waals surface area contributed by atoms with E-state index in [1.807, 2.05) is 13.8 Å². The molecular weight excluding hydrogens is 302 g/mol. The lowest BCUT2D eigenvalue weighted by atomic mass is 10.2. The maximum absolute atomic E-state index is 12.5. The zero-order chi connectivity index (χ0) is 15.7. The van der Waals surface area contributed by atoms with Crippen molar-refractivity contribution in [2.24, 2.45) is 0 Å². The highest BCUT2D eigenvalue weighted by atomic mass is 32.1. The Morgan fingerprint density at radius 2 is 2.36 bits per heavy atom. The van der Waals surface area contributed by atoms with Gasteiger partial charge >= 0.3 is 0 Å². The number of thiazole rings is 1. The molecule has 0 radical (unpaired) electrons. The first-order valence-electron chi connectivity index (χ1n) is 7.11. The molecule has 2 amide bonds. The molecule has 1 aliphatic heterocycles. The number of carbonyl (C=O) groups excluding carboxylic acids is 2. The first-order valence-corrected chi connectivity index (χ1v) is 7.93. The van der Waals surface area contributed by atoms with Gasteiger partial charge in [0, 0.05) is 11.3 Å². The van der Waals surface area contributed by atoms with E-state index in [-0.39, 0.29) is 11.8 Å². The summed E-state index contributed by atoms with van der Waals surface area (Å²) in [6.07, 6.45) is 2.47. The normalized spacial score (nSPS) is 18.0. The average Bonchev–Trinajstić information content (AvgIpc) is 3.16. The van der Waals surface area contributed by atoms with Crippen LogP contribution in [-0.2, 0) is 16.1 Å². The van der Waals surface area contributed by atoms with Crippen LogP contribution in [0.25, 0.3) is 0 Å². The molecule has 0 saturated carbocycles. The molecule has 2 aromatic rings. The molecular formula is C15H17N3O3S. The number of aromatic nitrogens is 1. The van der Waals surface area contributed by atoms with Gasteiger partial charge in [0.05, 0.1) is 18.5 Å². The topological polar surface area (TPSA) is 75.4 Å². The molecule has 116 valence electrons. The summed E-state index contributed by atoms with van der Waals surface area (Å²) < 4.78 is 5.27. The van der Waals surface area contributed by atoms with Gasteiger partial charge in [0.2, 0.25) is 11.8 Å². The third kappa shape index (κ3) is 2.89. The molecule has 0 aromatic carbocycles. The molecule has 22 heavy (non-hydrogen) atoms. The van der Waals surface area contributed by atoms with Gasteiger partial charge in [-0.25, -0.2) is 4.98 Å². The smallest absolute Gasteiger partial charge is 0.248 e. The maximum atomic E-state index is 12.5. The van der Waals surface area contributed by atoms with Crippen molar-refractivity contribution in [3.63, 3.8) is 0 Å². The Labute approximate surface area is 132 Å². The van der Waals surface area contributed by atoms with E-state index in [2.05, 4.69) is 10.3 Å². The Hall–Kier alpha value is -2.15. The van der Waals surface area contributed by atoms with Gasteiger partial charge in [-0.15, -0.1) is 11.3 Å². The van der Waals surface area contributed by atoms with Crippen LogP contribution in [0.2, 0.25) is 0 Å². The van der Waals surface area contributed by atoms with Crippen LogP contribution in [0.15, 0.2) is 22.8 Å². The fourth-order valence-corrected chi connectivity index (χ4v) is 3.31. The van der Waals surface area contributed by atoms with Crippen LogP contribution in [0.5, 0.6) is 0 Å². The molecule has 0 aliphatic carbocycles. The maximum Gasteiger partial charge on any atom is 0.248 e. The number of likely N-dealkylation sites (tertiary alicyclic amines) is 1. The minimum atomic E-state index is -0.470. The Morgan fingerprint density at radius 1 is 1.55 bits per heavy atom. The monoisotopic (exact) mass is 319 g/mol. The molecule has 0 unspecified atom stereocenters. The number of rotatable bonds is 4. The molecule has 3 heterocycles. The van der Waals surface area contributed by atoms with E-state index in [0.717, 1.165) is 10.6 Å². The molecule has 1 aliphatic rings. The van der Waals surface area contributed by atoms with Crippen molar-refractivity contribution in [3.8, 4) is 0 Å². The van der Waals surface area contributed by atoms with Crippen LogP contribution in [0.3, 0.4) is 0 Å². The fraction of sp³-hybridized carbons (Fsp3) is 0.400. The number of carbonyl (C=O) groups is 2. The lowest BCUT2D eigenvalue weighted by Crippen LogP contribution is -2.41. The highest BCUT2D eigenvalue weighted by Gasteiger charge is 2.36. The first kappa shape index (κ1) is 14.8. The Bertz CT molecular complexity index is 673. The molecule has 0 bridgehead atoms. The third-order valence-electron chi connectivity index (χ3n) is 3.80. The van der Waals surface area contributed by atoms with Crippen molar-refractivity contribution >= 4 is 28.3 Å². The number of furan rings is 1. The van der Waals surface area contributed by atoms with Crippen molar-refractivity contribution in [1.29, 1.82) is 0 Å². The summed E-state index contributed by atoms with van der Waals surface area (Å²) in [5, 5.41) is 3.40. The molecule has 6 nitrogen and oxygen atoms in total. The first-order chi connectivity index (χ1) is 10.5. The summed E-state index contributed by atoms with van der Waals surface area (Å²) in [4.78, 5) is 31.4. The van der Waals surface area contributed by atoms with Gasteiger partial charge in [-0.3, -0.25) is 9.59 Å². The zero-order valence-electron chi connectivity index (χ0n) is 12.5. The van der Waals surface area contributed by atoms with E-state index in [9.17, 15) is 9.59 Å². The summed E-state index contributed by atoms with van der Waals surface area (Å²) >= 11 is 1.44. The largest absolute Gasteiger partial charge is 0.467 e. The molecule has 1 saturated heterocycles. The predicted octanol–water partition coefficient (Wildman–Crippen LogP) is 2.48. The van der Waals surface area contributed by atoms with E-state index < -0.39 is 6.04 Å². The zero-order valence-corrected chi connectivity index (χ0v) is 13.3. The van der Waals surface area contributed by atoms with Crippen molar-refractivity contribution in [2.45, 2.75) is 39.3 Å². The minimum Gasteiger partial charge on any atom is -0.467 e. The van der Waals surface area contributed by atoms with Gasteiger partial charge in [0.15, 0.2) is 5.13 Å². The fourth-order valence-electron chi connectivity index (χ4n) is 2.49. The molecule has 3 rings (SSSR count). The molecule has 1 fully saturated rings. The molecule has 1 atom stereocenters. The van der Waals surface area contributed by atoms with Gasteiger partial charge in [0.25, 0.3) is 0 Å². The quantitative estimate of drug-likeness (QED) is 0.939. The van der Waals surface area contributed by atoms with E-state index in [1.165, 1.54) is 11.3 Å². The molecule has 7 heteroatoms. The summed E-state index contributed by atoms with van der Waals surface area (Å²) in [5.74, 6) is 0.461. The lowest BCUT2D eigenvalue weighted by Gasteiger charge is -2.22. The SMILES string of the molecule is Cc1nc(NC(=O)[C@@H]2CCC(=O)N2Cc2ccco2)sc1C. The van der Waals surface area contributed by atoms with Crippen LogP contribution >= 0.6 is 11.3 Å². The van der Waals surface area contributed by atoms with Crippen molar-refractivity contribution in [1.82, 2.24) is 9.88 Å². The van der Waals surface area contributed by atoms with E-state index in [1.54, 1.807) is 23.3 Å². The number of hydrogen-bond acceptors (Lipinski definition) is 5. The van der Waals surface area contributed by atoms with Crippen molar-refractivity contribution in [2.75, 3.05) is 5.32 Å². The predicted molar refractivity (Wildman–Crippen MR) is 82.5 cm³/mol. The van der Waals surface area contributed by atoms with Gasteiger partial charge in [0.1, 0.15) is 11.8 Å². The van der Waals surface area contributed by atoms with Gasteiger partial charge < -0.3 is 14.6 Å². The second kappa shape index (κ2) is 5.92. The highest BCUT2D eigenvalue weighted by Crippen LogP contribution is 2.25. The van der Waals surface area contributed by atoms with Crippen LogP contribution in [0.4, 0.5) is 5.13 Å². The Morgan fingerprint density at radius 3 is 3.00 bits per heavy atom. The second-order valence-corrected chi connectivity index (χ2v) is 6.51. The standard InChI is InChI=1S/C15H17N3O3S/c1-9-10(2)22-15(16-9)17-14(20)12-5-6-13(19)18(12)8-11-4-3-7-21-11/h3-4,7,12H,5-6,8H2,1-2H3,(H,16,17,20)/t12-/m0/s1. The van der Waals surface area contributed by atoms with Gasteiger partial charge in [-0.2, -0.15) is 0 Å². The average molecular weight is 319 g/mol. The summed E-state index contributed by atoms with van der Waals surface area (Å²) in [6, 6.07) is 3.10. The number of nitrogens with zero attached hydrogens (tertiary/aromatic N) is 2. The third-order valence-corrected chi connectivity index (χ3v) is 4.78. The van der Waals surface area contributed by atoms with Crippen molar-refractivity contribution in [3.05, 3.63) is 34.7 Å². The van der Waals surface area contributed by atoms with Crippen LogP contribution in [0.1, 0.15) is 29.2 Å². The summed E-state index contributed by atoms with van der Waals surface area (Å²) in [6.45, 7) is 4.19. The van der Waals surface area contributed by atoms with E-state index in [0.29, 0.717) is 30.3 Å². The second-order valence-electron chi connectivity index (χ2n) is 5.31. The van der Waals surface area contributed by atoms with Crippen LogP contribution < -0.4 is 5.32 Å².